The summed E-state index contributed by atoms with van der Waals surface area (Å²) in [6, 6.07) is 32.0. The second-order valence-electron chi connectivity index (χ2n) is 18.3. The van der Waals surface area contributed by atoms with E-state index in [2.05, 4.69) is 121 Å². The fourth-order valence-corrected chi connectivity index (χ4v) is 9.24. The van der Waals surface area contributed by atoms with E-state index in [1.165, 1.54) is 27.6 Å². The number of nitrogen functional groups attached to an aromatic ring is 1. The van der Waals surface area contributed by atoms with Gasteiger partial charge in [0.15, 0.2) is 5.54 Å². The van der Waals surface area contributed by atoms with Gasteiger partial charge in [0, 0.05) is 66.7 Å². The predicted octanol–water partition coefficient (Wildman–Crippen LogP) is 5.29. The number of terminal acetylenes is 1. The number of urea groups is 2. The Bertz CT molecular complexity index is 3750. The lowest BCUT2D eigenvalue weighted by atomic mass is 9.99. The first-order chi connectivity index (χ1) is 40.4. The van der Waals surface area contributed by atoms with Crippen LogP contribution in [0.4, 0.5) is 21.6 Å². The SMILES string of the molecule is C#C[C@]1(CN2Cc3ccc(OC)cc3C2=O)NC(=O)NC1=O.CCNc1nnc(-c2ccc(C#C[C@]3(CN4Cc5ccc(OC)cc5C4=O)NC(=O)NC3=O)cc2)o1.CCNc1nnc(-c2ccc(I)cc2)o1.NNC(=O)c1ccc(I)cc1. The molecule has 9 N–H and O–H groups in total. The van der Waals surface area contributed by atoms with Gasteiger partial charge < -0.3 is 49.4 Å². The van der Waals surface area contributed by atoms with Crippen molar-refractivity contribution in [1.82, 2.24) is 56.9 Å². The lowest BCUT2D eigenvalue weighted by molar-refractivity contribution is -0.123. The standard InChI is InChI=1S/C25H22N6O5.C15H13N3O4.C10H10IN3O.C7H7IN2O/c1-3-26-24-30-29-20(36-24)16-6-4-15(5-7-16)10-11-25(22(33)27-23(34)28-25)14-31-13-17-8-9-18(35-2)12-19(17)21(31)32;1-3-15(13(20)16-14(21)17-15)8-18-7-9-4-5-10(22-2)6-11(9)12(18)19;1-2-12-10-14-13-9(15-10)7-3-5-8(11)6-4-7;8-6-3-1-5(2-4-6)7(11)10-9/h4-9,12H,3,13-14H2,1-2H3,(H,26,30)(H2,27,28,33,34);1,4-6H,7-8H2,2H3,(H2,16,17,20,21);3-6H,2H2,1H3,(H,12,14);1-4H,9H2,(H,10,11)/t25-;15-;;/m11../s1. The van der Waals surface area contributed by atoms with Crippen LogP contribution in [0.2, 0.25) is 0 Å². The summed E-state index contributed by atoms with van der Waals surface area (Å²) in [6.45, 7) is 5.75. The maximum Gasteiger partial charge on any atom is 0.323 e. The van der Waals surface area contributed by atoms with Crippen LogP contribution in [0.25, 0.3) is 22.9 Å². The van der Waals surface area contributed by atoms with Crippen LogP contribution in [0.15, 0.2) is 118 Å². The van der Waals surface area contributed by atoms with Crippen LogP contribution in [-0.2, 0) is 22.7 Å². The molecule has 0 bridgehead atoms. The molecule has 4 aliphatic heterocycles. The average Bonchev–Trinajstić information content (AvgIpc) is 3.78. The second kappa shape index (κ2) is 27.0. The van der Waals surface area contributed by atoms with Gasteiger partial charge in [0.1, 0.15) is 11.5 Å². The Morgan fingerprint density at radius 3 is 1.51 bits per heavy atom. The van der Waals surface area contributed by atoms with Crippen LogP contribution in [0.3, 0.4) is 0 Å². The number of rotatable bonds is 13. The number of nitrogens with two attached hydrogens (primary N) is 1. The first-order valence-corrected chi connectivity index (χ1v) is 27.6. The molecule has 2 atom stereocenters. The lowest BCUT2D eigenvalue weighted by Gasteiger charge is -2.26. The zero-order valence-corrected chi connectivity index (χ0v) is 49.5. The number of carbonyl (C=O) groups excluding carboxylic acids is 7. The quantitative estimate of drug-likeness (QED) is 0.0181. The number of halogens is 2. The Balaban J connectivity index is 0.000000162. The van der Waals surface area contributed by atoms with Crippen molar-refractivity contribution in [1.29, 1.82) is 0 Å². The number of hydrogen-bond donors (Lipinski definition) is 8. The van der Waals surface area contributed by atoms with Gasteiger partial charge >= 0.3 is 24.1 Å². The first kappa shape index (κ1) is 60.5. The third-order valence-corrected chi connectivity index (χ3v) is 14.2. The molecule has 6 heterocycles. The van der Waals surface area contributed by atoms with Crippen LogP contribution in [0, 0.1) is 31.3 Å². The molecule has 2 fully saturated rings. The zero-order chi connectivity index (χ0) is 60.1. The number of benzene rings is 5. The van der Waals surface area contributed by atoms with E-state index < -0.39 is 35.0 Å². The smallest absolute Gasteiger partial charge is 0.323 e. The summed E-state index contributed by atoms with van der Waals surface area (Å²) in [7, 11) is 3.04. The fourth-order valence-electron chi connectivity index (χ4n) is 8.52. The number of methoxy groups -OCH3 is 2. The summed E-state index contributed by atoms with van der Waals surface area (Å²) in [6.07, 6.45) is 5.41. The highest BCUT2D eigenvalue weighted by molar-refractivity contribution is 14.1. The summed E-state index contributed by atoms with van der Waals surface area (Å²) in [5, 5.41) is 31.0. The van der Waals surface area contributed by atoms with Gasteiger partial charge in [-0.25, -0.2) is 15.4 Å². The predicted molar refractivity (Wildman–Crippen MR) is 321 cm³/mol. The van der Waals surface area contributed by atoms with E-state index in [-0.39, 0.29) is 30.8 Å². The molecule has 0 radical (unpaired) electrons. The highest BCUT2D eigenvalue weighted by Crippen LogP contribution is 2.31. The number of nitrogens with zero attached hydrogens (tertiary/aromatic N) is 6. The number of imide groups is 2. The van der Waals surface area contributed by atoms with E-state index in [4.69, 9.17) is 30.6 Å². The fraction of sp³-hybridized carbons (Fsp3) is 0.211. The van der Waals surface area contributed by atoms with Crippen molar-refractivity contribution in [3.05, 3.63) is 150 Å². The Labute approximate surface area is 507 Å². The number of ether oxygens (including phenoxy) is 2. The minimum absolute atomic E-state index is 0.0864. The van der Waals surface area contributed by atoms with E-state index in [1.807, 2.05) is 56.3 Å². The zero-order valence-electron chi connectivity index (χ0n) is 45.2. The largest absolute Gasteiger partial charge is 0.497 e. The van der Waals surface area contributed by atoms with E-state index >= 15 is 0 Å². The van der Waals surface area contributed by atoms with E-state index in [0.29, 0.717) is 82.8 Å². The molecule has 0 spiro atoms. The van der Waals surface area contributed by atoms with Gasteiger partial charge in [0.2, 0.25) is 17.3 Å². The molecule has 11 rings (SSSR count). The third kappa shape index (κ3) is 14.2. The average molecular weight is 1360 g/mol. The molecular formula is C57H52I2N14O11. The highest BCUT2D eigenvalue weighted by Gasteiger charge is 2.49. The highest BCUT2D eigenvalue weighted by atomic mass is 127. The second-order valence-corrected chi connectivity index (χ2v) is 20.8. The number of hydrazine groups is 1. The van der Waals surface area contributed by atoms with Crippen molar-refractivity contribution < 1.29 is 51.9 Å². The van der Waals surface area contributed by atoms with Gasteiger partial charge in [-0.15, -0.1) is 16.6 Å². The number of amides is 9. The molecule has 2 aromatic heterocycles. The van der Waals surface area contributed by atoms with E-state index in [9.17, 15) is 33.6 Å². The Kier molecular flexibility index (Phi) is 19.4. The molecule has 5 aromatic carbocycles. The van der Waals surface area contributed by atoms with Crippen molar-refractivity contribution in [2.45, 2.75) is 38.0 Å². The lowest BCUT2D eigenvalue weighted by Crippen LogP contribution is -2.54. The summed E-state index contributed by atoms with van der Waals surface area (Å²) in [5.74, 6) is 13.1. The molecule has 25 nitrogen and oxygen atoms in total. The normalized spacial score (nSPS) is 16.9. The Morgan fingerprint density at radius 1 is 0.655 bits per heavy atom. The molecule has 9 amide bonds. The Hall–Kier alpha value is -9.59. The number of hydrogen-bond acceptors (Lipinski definition) is 18. The summed E-state index contributed by atoms with van der Waals surface area (Å²) < 4.78 is 23.6. The molecule has 84 heavy (non-hydrogen) atoms. The maximum absolute atomic E-state index is 13.0. The van der Waals surface area contributed by atoms with Crippen molar-refractivity contribution >= 4 is 98.8 Å². The topological polar surface area (TPSA) is 332 Å². The minimum Gasteiger partial charge on any atom is -0.497 e. The monoisotopic (exact) mass is 1360 g/mol. The molecule has 0 saturated carbocycles. The van der Waals surface area contributed by atoms with Crippen molar-refractivity contribution in [3.8, 4) is 58.6 Å². The Morgan fingerprint density at radius 2 is 1.10 bits per heavy atom. The van der Waals surface area contributed by atoms with Crippen LogP contribution in [-0.4, -0.2) is 123 Å². The summed E-state index contributed by atoms with van der Waals surface area (Å²) in [4.78, 5) is 87.4. The van der Waals surface area contributed by atoms with Crippen molar-refractivity contribution in [3.63, 3.8) is 0 Å². The number of aromatic nitrogens is 4. The maximum atomic E-state index is 13.0. The van der Waals surface area contributed by atoms with Gasteiger partial charge in [-0.3, -0.25) is 40.0 Å². The van der Waals surface area contributed by atoms with Gasteiger partial charge in [-0.05, 0) is 167 Å². The summed E-state index contributed by atoms with van der Waals surface area (Å²) in [5.41, 5.74) is 4.39. The van der Waals surface area contributed by atoms with Crippen LogP contribution >= 0.6 is 45.2 Å². The van der Waals surface area contributed by atoms with Crippen LogP contribution < -0.4 is 52.6 Å². The minimum atomic E-state index is -1.59. The van der Waals surface area contributed by atoms with Crippen LogP contribution in [0.5, 0.6) is 11.5 Å². The van der Waals surface area contributed by atoms with E-state index in [0.717, 1.165) is 26.8 Å². The van der Waals surface area contributed by atoms with Gasteiger partial charge in [-0.1, -0.05) is 40.1 Å². The molecule has 27 heteroatoms. The molecule has 4 aliphatic rings. The molecule has 0 aliphatic carbocycles. The van der Waals surface area contributed by atoms with Crippen molar-refractivity contribution in [2.24, 2.45) is 5.84 Å². The molecule has 7 aromatic rings. The number of anilines is 2. The van der Waals surface area contributed by atoms with Crippen LogP contribution in [0.1, 0.15) is 61.6 Å². The van der Waals surface area contributed by atoms with Gasteiger partial charge in [-0.2, -0.15) is 0 Å². The number of carbonyl (C=O) groups is 7. The molecular weight excluding hydrogens is 1310 g/mol. The van der Waals surface area contributed by atoms with Gasteiger partial charge in [0.05, 0.1) is 27.3 Å². The summed E-state index contributed by atoms with van der Waals surface area (Å²) >= 11 is 4.42. The molecule has 2 saturated heterocycles. The van der Waals surface area contributed by atoms with Gasteiger partial charge in [0.25, 0.3) is 29.5 Å². The number of nitrogens with one attached hydrogen (secondary N) is 7. The molecule has 430 valence electrons. The van der Waals surface area contributed by atoms with E-state index in [1.54, 1.807) is 66.7 Å². The van der Waals surface area contributed by atoms with Crippen molar-refractivity contribution in [2.75, 3.05) is 51.0 Å². The third-order valence-electron chi connectivity index (χ3n) is 12.8. The number of fused-ring (bicyclic) bond motifs is 2. The molecule has 0 unspecified atom stereocenters. The first-order valence-electron chi connectivity index (χ1n) is 25.4.